The number of aryl methyl sites for hydroxylation is 1. The maximum Gasteiger partial charge on any atom is 0.335 e. The maximum atomic E-state index is 11.1. The van der Waals surface area contributed by atoms with Gasteiger partial charge in [0.25, 0.3) is 0 Å². The van der Waals surface area contributed by atoms with Crippen LogP contribution in [0.5, 0.6) is 11.6 Å². The van der Waals surface area contributed by atoms with E-state index in [9.17, 15) is 4.79 Å². The molecule has 4 rings (SSSR count). The fourth-order valence-electron chi connectivity index (χ4n) is 2.45. The van der Waals surface area contributed by atoms with Crippen LogP contribution in [0.1, 0.15) is 28.8 Å². The minimum Gasteiger partial charge on any atom is -0.478 e. The largest absolute Gasteiger partial charge is 0.478 e. The van der Waals surface area contributed by atoms with Crippen molar-refractivity contribution in [3.63, 3.8) is 0 Å². The summed E-state index contributed by atoms with van der Waals surface area (Å²) in [5.74, 6) is 0.699. The quantitative estimate of drug-likeness (QED) is 0.749. The molecule has 1 aliphatic carbocycles. The van der Waals surface area contributed by atoms with E-state index in [2.05, 4.69) is 15.3 Å². The van der Waals surface area contributed by atoms with Crippen LogP contribution in [0.2, 0.25) is 0 Å². The highest BCUT2D eigenvalue weighted by molar-refractivity contribution is 5.88. The van der Waals surface area contributed by atoms with Crippen LogP contribution in [0.25, 0.3) is 5.65 Å². The summed E-state index contributed by atoms with van der Waals surface area (Å²) in [6.07, 6.45) is 7.39. The molecule has 1 fully saturated rings. The number of nitrogens with one attached hydrogen (secondary N) is 1. The standard InChI is InChI=1S/C17H16N4O3/c1-10-2-3-11(17(22)23)8-13(10)24-14-9-19-15(20-12-4-5-12)16-18-6-7-21(14)16/h2-3,6-9,12H,4-5H2,1H3,(H,19,20)(H,22,23). The molecule has 7 heteroatoms. The summed E-state index contributed by atoms with van der Waals surface area (Å²) < 4.78 is 7.71. The molecule has 2 aromatic heterocycles. The number of aromatic nitrogens is 3. The van der Waals surface area contributed by atoms with E-state index in [0.29, 0.717) is 23.3 Å². The highest BCUT2D eigenvalue weighted by Gasteiger charge is 2.23. The van der Waals surface area contributed by atoms with Crippen LogP contribution in [0.4, 0.5) is 5.82 Å². The number of carboxylic acids is 1. The van der Waals surface area contributed by atoms with Crippen LogP contribution in [0.3, 0.4) is 0 Å². The number of aromatic carboxylic acids is 1. The molecule has 0 spiro atoms. The lowest BCUT2D eigenvalue weighted by molar-refractivity contribution is 0.0696. The first-order valence-electron chi connectivity index (χ1n) is 7.72. The summed E-state index contributed by atoms with van der Waals surface area (Å²) in [7, 11) is 0. The van der Waals surface area contributed by atoms with Crippen molar-refractivity contribution in [3.05, 3.63) is 47.9 Å². The molecular weight excluding hydrogens is 308 g/mol. The Kier molecular flexibility index (Phi) is 3.34. The molecule has 0 radical (unpaired) electrons. The first kappa shape index (κ1) is 14.5. The number of benzene rings is 1. The third kappa shape index (κ3) is 2.64. The SMILES string of the molecule is Cc1ccc(C(=O)O)cc1Oc1cnc(NC2CC2)c2nccn12. The lowest BCUT2D eigenvalue weighted by Gasteiger charge is -2.12. The van der Waals surface area contributed by atoms with Crippen LogP contribution in [-0.4, -0.2) is 31.5 Å². The monoisotopic (exact) mass is 324 g/mol. The van der Waals surface area contributed by atoms with Gasteiger partial charge in [-0.3, -0.25) is 4.40 Å². The second-order valence-corrected chi connectivity index (χ2v) is 5.87. The van der Waals surface area contributed by atoms with E-state index in [-0.39, 0.29) is 5.56 Å². The van der Waals surface area contributed by atoms with Crippen molar-refractivity contribution in [2.45, 2.75) is 25.8 Å². The van der Waals surface area contributed by atoms with Gasteiger partial charge in [-0.15, -0.1) is 0 Å². The molecule has 0 aliphatic heterocycles. The van der Waals surface area contributed by atoms with Crippen LogP contribution in [-0.2, 0) is 0 Å². The molecule has 2 N–H and O–H groups in total. The van der Waals surface area contributed by atoms with E-state index >= 15 is 0 Å². The van der Waals surface area contributed by atoms with Crippen LogP contribution >= 0.6 is 0 Å². The fourth-order valence-corrected chi connectivity index (χ4v) is 2.45. The van der Waals surface area contributed by atoms with Crippen molar-refractivity contribution < 1.29 is 14.6 Å². The second-order valence-electron chi connectivity index (χ2n) is 5.87. The number of carbonyl (C=O) groups is 1. The summed E-state index contributed by atoms with van der Waals surface area (Å²) in [6, 6.07) is 5.26. The van der Waals surface area contributed by atoms with Crippen LogP contribution in [0, 0.1) is 6.92 Å². The predicted molar refractivity (Wildman–Crippen MR) is 87.8 cm³/mol. The average molecular weight is 324 g/mol. The van der Waals surface area contributed by atoms with Gasteiger partial charge in [-0.1, -0.05) is 6.07 Å². The lowest BCUT2D eigenvalue weighted by atomic mass is 10.1. The number of fused-ring (bicyclic) bond motifs is 1. The number of nitrogens with zero attached hydrogens (tertiary/aromatic N) is 3. The van der Waals surface area contributed by atoms with E-state index in [0.717, 1.165) is 24.2 Å². The Hall–Kier alpha value is -3.09. The summed E-state index contributed by atoms with van der Waals surface area (Å²) in [6.45, 7) is 1.86. The van der Waals surface area contributed by atoms with Gasteiger partial charge in [-0.25, -0.2) is 14.8 Å². The van der Waals surface area contributed by atoms with Gasteiger partial charge in [-0.2, -0.15) is 0 Å². The van der Waals surface area contributed by atoms with Gasteiger partial charge in [0.05, 0.1) is 11.8 Å². The Morgan fingerprint density at radius 3 is 2.96 bits per heavy atom. The van der Waals surface area contributed by atoms with E-state index < -0.39 is 5.97 Å². The molecule has 0 saturated heterocycles. The third-order valence-corrected chi connectivity index (χ3v) is 3.96. The Morgan fingerprint density at radius 1 is 1.38 bits per heavy atom. The fraction of sp³-hybridized carbons (Fsp3) is 0.235. The molecule has 1 aromatic carbocycles. The van der Waals surface area contributed by atoms with Gasteiger partial charge in [0.15, 0.2) is 11.5 Å². The highest BCUT2D eigenvalue weighted by atomic mass is 16.5. The first-order chi connectivity index (χ1) is 11.6. The molecule has 24 heavy (non-hydrogen) atoms. The minimum atomic E-state index is -0.991. The highest BCUT2D eigenvalue weighted by Crippen LogP contribution is 2.30. The molecule has 7 nitrogen and oxygen atoms in total. The number of ether oxygens (including phenoxy) is 1. The maximum absolute atomic E-state index is 11.1. The number of rotatable bonds is 5. The van der Waals surface area contributed by atoms with E-state index in [1.807, 2.05) is 6.92 Å². The average Bonchev–Trinajstić information content (AvgIpc) is 3.23. The number of hydrogen-bond acceptors (Lipinski definition) is 5. The van der Waals surface area contributed by atoms with Gasteiger partial charge in [0, 0.05) is 18.4 Å². The van der Waals surface area contributed by atoms with E-state index in [4.69, 9.17) is 9.84 Å². The Balaban J connectivity index is 1.71. The first-order valence-corrected chi connectivity index (χ1v) is 7.72. The zero-order valence-electron chi connectivity index (χ0n) is 13.1. The molecule has 2 heterocycles. The lowest BCUT2D eigenvalue weighted by Crippen LogP contribution is -2.06. The normalized spacial score (nSPS) is 13.9. The molecule has 0 amide bonds. The molecule has 122 valence electrons. The number of carboxylic acid groups (broad SMARTS) is 1. The zero-order chi connectivity index (χ0) is 16.7. The summed E-state index contributed by atoms with van der Waals surface area (Å²) in [5.41, 5.74) is 1.71. The van der Waals surface area contributed by atoms with Crippen molar-refractivity contribution in [2.24, 2.45) is 0 Å². The molecule has 3 aromatic rings. The number of anilines is 1. The number of imidazole rings is 1. The van der Waals surface area contributed by atoms with Crippen LogP contribution in [0.15, 0.2) is 36.8 Å². The molecule has 0 bridgehead atoms. The Morgan fingerprint density at radius 2 is 2.21 bits per heavy atom. The van der Waals surface area contributed by atoms with Crippen molar-refractivity contribution in [1.29, 1.82) is 0 Å². The van der Waals surface area contributed by atoms with E-state index in [1.54, 1.807) is 35.1 Å². The molecule has 0 atom stereocenters. The zero-order valence-corrected chi connectivity index (χ0v) is 13.1. The Bertz CT molecular complexity index is 931. The second kappa shape index (κ2) is 5.52. The third-order valence-electron chi connectivity index (χ3n) is 3.96. The summed E-state index contributed by atoms with van der Waals surface area (Å²) in [4.78, 5) is 19.9. The van der Waals surface area contributed by atoms with Gasteiger partial charge < -0.3 is 15.2 Å². The van der Waals surface area contributed by atoms with E-state index in [1.165, 1.54) is 6.07 Å². The molecular formula is C17H16N4O3. The summed E-state index contributed by atoms with van der Waals surface area (Å²) in [5, 5.41) is 12.5. The molecule has 0 unspecified atom stereocenters. The van der Waals surface area contributed by atoms with Crippen molar-refractivity contribution in [1.82, 2.24) is 14.4 Å². The van der Waals surface area contributed by atoms with Crippen LogP contribution < -0.4 is 10.1 Å². The minimum absolute atomic E-state index is 0.178. The Labute approximate surface area is 137 Å². The van der Waals surface area contributed by atoms with Crippen molar-refractivity contribution in [2.75, 3.05) is 5.32 Å². The van der Waals surface area contributed by atoms with Gasteiger partial charge in [-0.05, 0) is 37.5 Å². The smallest absolute Gasteiger partial charge is 0.335 e. The topological polar surface area (TPSA) is 88.8 Å². The molecule has 1 saturated carbocycles. The van der Waals surface area contributed by atoms with Crippen molar-refractivity contribution >= 4 is 17.4 Å². The molecule has 1 aliphatic rings. The van der Waals surface area contributed by atoms with Gasteiger partial charge in [0.2, 0.25) is 5.88 Å². The van der Waals surface area contributed by atoms with Gasteiger partial charge in [0.1, 0.15) is 5.75 Å². The summed E-state index contributed by atoms with van der Waals surface area (Å²) >= 11 is 0. The van der Waals surface area contributed by atoms with Crippen molar-refractivity contribution in [3.8, 4) is 11.6 Å². The number of hydrogen-bond donors (Lipinski definition) is 2. The predicted octanol–water partition coefficient (Wildman–Crippen LogP) is 3.10. The van der Waals surface area contributed by atoms with Gasteiger partial charge >= 0.3 is 5.97 Å².